The molecule has 0 aromatic carbocycles. The van der Waals surface area contributed by atoms with E-state index in [1.807, 2.05) is 31.7 Å². The Hall–Kier alpha value is -3.01. The molecule has 2 N–H and O–H groups in total. The zero-order valence-corrected chi connectivity index (χ0v) is 33.5. The molecule has 0 saturated carbocycles. The van der Waals surface area contributed by atoms with Crippen molar-refractivity contribution < 1.29 is 33.4 Å². The first-order chi connectivity index (χ1) is 23.6. The predicted octanol–water partition coefficient (Wildman–Crippen LogP) is 0.298. The van der Waals surface area contributed by atoms with Crippen LogP contribution in [0.5, 0.6) is 0 Å². The molecule has 4 rings (SSSR count). The van der Waals surface area contributed by atoms with E-state index in [2.05, 4.69) is 43.0 Å². The van der Waals surface area contributed by atoms with Gasteiger partial charge in [0.25, 0.3) is 5.91 Å². The summed E-state index contributed by atoms with van der Waals surface area (Å²) in [6, 6.07) is -2.50. The third kappa shape index (κ3) is 8.37. The molecule has 50 heavy (non-hydrogen) atoms. The maximum atomic E-state index is 14.4. The SMILES string of the molecule is C=CCCN1C[C@H](NC(=O)[C@H](C(C)C)N(C)C(=O)N2C[C@@H]3OCCN(C(=O)CC)[C@@H]3C2)C(=O)N2CCC[C@@]([SiH3])(N2)C(=O)OCC(C)(CC)C1C. The number of urea groups is 1. The molecule has 4 aliphatic rings. The van der Waals surface area contributed by atoms with Gasteiger partial charge in [-0.3, -0.25) is 29.1 Å². The van der Waals surface area contributed by atoms with Crippen molar-refractivity contribution >= 4 is 40.0 Å². The number of likely N-dealkylation sites (N-methyl/N-ethyl adjacent to an activating group) is 1. The smallest absolute Gasteiger partial charge is 0.323 e. The van der Waals surface area contributed by atoms with E-state index in [-0.39, 0.29) is 61.1 Å². The van der Waals surface area contributed by atoms with Gasteiger partial charge < -0.3 is 29.5 Å². The van der Waals surface area contributed by atoms with E-state index in [0.29, 0.717) is 75.3 Å². The van der Waals surface area contributed by atoms with Crippen LogP contribution in [0, 0.1) is 11.3 Å². The number of hydrogen-bond donors (Lipinski definition) is 2. The van der Waals surface area contributed by atoms with Crippen molar-refractivity contribution in [2.24, 2.45) is 11.3 Å². The number of hydrogen-bond acceptors (Lipinski definition) is 9. The molecule has 0 radical (unpaired) electrons. The van der Waals surface area contributed by atoms with E-state index in [9.17, 15) is 24.0 Å². The number of ether oxygens (including phenoxy) is 2. The molecule has 15 heteroatoms. The highest BCUT2D eigenvalue weighted by Crippen LogP contribution is 2.32. The first kappa shape index (κ1) is 39.8. The number of carbonyl (C=O) groups is 5. The number of morpholine rings is 1. The fourth-order valence-corrected chi connectivity index (χ4v) is 8.62. The van der Waals surface area contributed by atoms with E-state index in [1.165, 1.54) is 9.91 Å². The summed E-state index contributed by atoms with van der Waals surface area (Å²) in [5.74, 6) is -1.35. The van der Waals surface area contributed by atoms with Gasteiger partial charge in [-0.15, -0.1) is 6.58 Å². The number of likely N-dealkylation sites (tertiary alicyclic amines) is 1. The predicted molar refractivity (Wildman–Crippen MR) is 193 cm³/mol. The second kappa shape index (κ2) is 16.6. The molecule has 0 aromatic heterocycles. The first-order valence-corrected chi connectivity index (χ1v) is 19.4. The summed E-state index contributed by atoms with van der Waals surface area (Å²) in [7, 11) is 2.05. The maximum Gasteiger partial charge on any atom is 0.323 e. The Kier molecular flexibility index (Phi) is 13.2. The van der Waals surface area contributed by atoms with Crippen LogP contribution in [-0.2, 0) is 28.7 Å². The zero-order valence-electron chi connectivity index (χ0n) is 31.5. The zero-order chi connectivity index (χ0) is 37.0. The molecule has 2 unspecified atom stereocenters. The van der Waals surface area contributed by atoms with Crippen LogP contribution in [0.1, 0.15) is 73.6 Å². The summed E-state index contributed by atoms with van der Waals surface area (Å²) in [6.45, 7) is 18.8. The minimum Gasteiger partial charge on any atom is -0.464 e. The van der Waals surface area contributed by atoms with Crippen LogP contribution in [0.3, 0.4) is 0 Å². The van der Waals surface area contributed by atoms with E-state index < -0.39 is 28.6 Å². The van der Waals surface area contributed by atoms with Gasteiger partial charge in [0, 0.05) is 67.9 Å². The second-order valence-electron chi connectivity index (χ2n) is 15.3. The van der Waals surface area contributed by atoms with Gasteiger partial charge in [0.1, 0.15) is 17.2 Å². The lowest BCUT2D eigenvalue weighted by Gasteiger charge is -2.46. The summed E-state index contributed by atoms with van der Waals surface area (Å²) < 4.78 is 11.9. The summed E-state index contributed by atoms with van der Waals surface area (Å²) in [4.78, 5) is 76.0. The lowest BCUT2D eigenvalue weighted by molar-refractivity contribution is -0.161. The Morgan fingerprint density at radius 2 is 1.90 bits per heavy atom. The molecule has 2 bridgehead atoms. The Balaban J connectivity index is 1.61. The van der Waals surface area contributed by atoms with Gasteiger partial charge in [0.15, 0.2) is 0 Å². The first-order valence-electron chi connectivity index (χ1n) is 18.4. The van der Waals surface area contributed by atoms with Crippen LogP contribution in [0.15, 0.2) is 12.7 Å². The molecule has 14 nitrogen and oxygen atoms in total. The average Bonchev–Trinajstić information content (AvgIpc) is 3.54. The number of cyclic esters (lactones) is 1. The Bertz CT molecular complexity index is 1290. The lowest BCUT2D eigenvalue weighted by atomic mass is 9.80. The molecule has 4 fully saturated rings. The molecule has 4 saturated heterocycles. The molecule has 7 atom stereocenters. The fraction of sp³-hybridized carbons (Fsp3) is 0.800. The van der Waals surface area contributed by atoms with Crippen molar-refractivity contribution in [1.82, 2.24) is 35.4 Å². The van der Waals surface area contributed by atoms with Gasteiger partial charge in [-0.2, -0.15) is 0 Å². The van der Waals surface area contributed by atoms with Crippen molar-refractivity contribution in [2.75, 3.05) is 59.5 Å². The average molecular weight is 720 g/mol. The topological polar surface area (TPSA) is 144 Å². The van der Waals surface area contributed by atoms with Gasteiger partial charge in [-0.25, -0.2) is 10.2 Å². The normalized spacial score (nSPS) is 31.7. The minimum absolute atomic E-state index is 0.0329. The van der Waals surface area contributed by atoms with Crippen LogP contribution in [0.2, 0.25) is 0 Å². The maximum absolute atomic E-state index is 14.4. The number of fused-ring (bicyclic) bond motifs is 3. The minimum atomic E-state index is -0.955. The van der Waals surface area contributed by atoms with Crippen molar-refractivity contribution in [1.29, 1.82) is 0 Å². The van der Waals surface area contributed by atoms with Gasteiger partial charge in [-0.1, -0.05) is 40.7 Å². The van der Waals surface area contributed by atoms with Crippen LogP contribution in [0.25, 0.3) is 0 Å². The summed E-state index contributed by atoms with van der Waals surface area (Å²) in [5, 5.41) is 3.60. The molecule has 282 valence electrons. The van der Waals surface area contributed by atoms with Crippen molar-refractivity contribution in [3.8, 4) is 0 Å². The number of carbonyl (C=O) groups excluding carboxylic acids is 5. The monoisotopic (exact) mass is 719 g/mol. The third-order valence-corrected chi connectivity index (χ3v) is 12.7. The molecule has 4 heterocycles. The van der Waals surface area contributed by atoms with Crippen molar-refractivity contribution in [2.45, 2.75) is 109 Å². The molecular formula is C35H61N7O7Si. The number of nitrogens with zero attached hydrogens (tertiary/aromatic N) is 5. The van der Waals surface area contributed by atoms with Gasteiger partial charge >= 0.3 is 12.0 Å². The van der Waals surface area contributed by atoms with Crippen LogP contribution in [-0.4, -0.2) is 160 Å². The lowest BCUT2D eigenvalue weighted by Crippen LogP contribution is -2.69. The second-order valence-corrected chi connectivity index (χ2v) is 17.0. The van der Waals surface area contributed by atoms with Gasteiger partial charge in [0.05, 0.1) is 31.9 Å². The van der Waals surface area contributed by atoms with Gasteiger partial charge in [0.2, 0.25) is 11.8 Å². The highest BCUT2D eigenvalue weighted by molar-refractivity contribution is 6.27. The van der Waals surface area contributed by atoms with Crippen LogP contribution >= 0.6 is 0 Å². The number of esters is 1. The number of rotatable bonds is 9. The number of amides is 5. The molecular weight excluding hydrogens is 659 g/mol. The molecule has 0 aromatic rings. The van der Waals surface area contributed by atoms with Gasteiger partial charge in [-0.05, 0) is 38.5 Å². The van der Waals surface area contributed by atoms with E-state index >= 15 is 0 Å². The van der Waals surface area contributed by atoms with E-state index in [4.69, 9.17) is 9.47 Å². The van der Waals surface area contributed by atoms with Crippen molar-refractivity contribution in [3.63, 3.8) is 0 Å². The van der Waals surface area contributed by atoms with E-state index in [1.54, 1.807) is 11.9 Å². The Morgan fingerprint density at radius 3 is 2.54 bits per heavy atom. The Labute approximate surface area is 301 Å². The highest BCUT2D eigenvalue weighted by atomic mass is 28.1. The van der Waals surface area contributed by atoms with Crippen LogP contribution < -0.4 is 10.7 Å². The third-order valence-electron chi connectivity index (χ3n) is 11.5. The number of nitrogens with one attached hydrogen (secondary N) is 2. The molecule has 0 aliphatic carbocycles. The molecule has 5 amide bonds. The molecule has 0 spiro atoms. The number of hydrazine groups is 1. The largest absolute Gasteiger partial charge is 0.464 e. The summed E-state index contributed by atoms with van der Waals surface area (Å²) in [5.41, 5.74) is 2.79. The molecule has 4 aliphatic heterocycles. The Morgan fingerprint density at radius 1 is 1.18 bits per heavy atom. The fourth-order valence-electron chi connectivity index (χ4n) is 7.85. The summed E-state index contributed by atoms with van der Waals surface area (Å²) in [6.07, 6.45) is 4.52. The van der Waals surface area contributed by atoms with Crippen molar-refractivity contribution in [3.05, 3.63) is 12.7 Å². The quantitative estimate of drug-likeness (QED) is 0.195. The van der Waals surface area contributed by atoms with Crippen LogP contribution in [0.4, 0.5) is 4.79 Å². The van der Waals surface area contributed by atoms with E-state index in [0.717, 1.165) is 6.42 Å². The standard InChI is InChI=1S/C35H61N7O7Si/c1-9-12-15-39-19-25(31(45)42-16-13-14-35(50,37-42)32(46)49-22-34(7,11-3)24(39)6)36-30(44)29(23(4)5)38(8)33(47)40-20-26-27(21-40)48-18-17-41(26)28(43)10-2/h9,23-27,29,37H,1,10-22H2,2-8,50H3,(H,36,44)/t24?,25-,26+,27-,29-,34?,35-/m0/s1. The highest BCUT2D eigenvalue weighted by Gasteiger charge is 2.47. The summed E-state index contributed by atoms with van der Waals surface area (Å²) >= 11 is 0.